The molecule has 0 saturated carbocycles. The molecule has 1 unspecified atom stereocenters. The predicted octanol–water partition coefficient (Wildman–Crippen LogP) is 2.11. The summed E-state index contributed by atoms with van der Waals surface area (Å²) in [6.07, 6.45) is 0. The fourth-order valence-corrected chi connectivity index (χ4v) is 1.35. The molecule has 0 fully saturated rings. The Hall–Kier alpha value is -0.870. The van der Waals surface area contributed by atoms with Crippen LogP contribution in [-0.2, 0) is 0 Å². The normalized spacial score (nSPS) is 12.9. The summed E-state index contributed by atoms with van der Waals surface area (Å²) >= 11 is 6.01. The average molecular weight is 243 g/mol. The van der Waals surface area contributed by atoms with E-state index in [1.807, 2.05) is 27.9 Å². The van der Waals surface area contributed by atoms with Gasteiger partial charge in [-0.15, -0.1) is 0 Å². The first-order valence-corrected chi connectivity index (χ1v) is 5.70. The van der Waals surface area contributed by atoms with Crippen LogP contribution >= 0.6 is 11.6 Å². The fraction of sp³-hybridized carbons (Fsp3) is 0.636. The van der Waals surface area contributed by atoms with E-state index in [9.17, 15) is 0 Å². The average Bonchev–Trinajstić information content (AvgIpc) is 2.20. The summed E-state index contributed by atoms with van der Waals surface area (Å²) in [6, 6.07) is 0.416. The van der Waals surface area contributed by atoms with Crippen LogP contribution in [0.4, 0.5) is 5.82 Å². The molecule has 1 rings (SSSR count). The summed E-state index contributed by atoms with van der Waals surface area (Å²) in [5.74, 6) is 0.665. The van der Waals surface area contributed by atoms with Gasteiger partial charge in [0, 0.05) is 12.6 Å². The number of rotatable bonds is 4. The van der Waals surface area contributed by atoms with Gasteiger partial charge in [0.1, 0.15) is 0 Å². The fourth-order valence-electron chi connectivity index (χ4n) is 1.12. The highest BCUT2D eigenvalue weighted by Gasteiger charge is 2.09. The summed E-state index contributed by atoms with van der Waals surface area (Å²) in [5, 5.41) is 3.65. The third kappa shape index (κ3) is 3.32. The number of halogens is 1. The SMILES string of the molecule is Cc1nc(Cl)c(NCC(C)N(C)C)nc1C. The highest BCUT2D eigenvalue weighted by Crippen LogP contribution is 2.18. The van der Waals surface area contributed by atoms with Crippen LogP contribution in [0.2, 0.25) is 5.15 Å². The number of hydrogen-bond acceptors (Lipinski definition) is 4. The van der Waals surface area contributed by atoms with E-state index in [0.29, 0.717) is 17.0 Å². The number of nitrogens with zero attached hydrogens (tertiary/aromatic N) is 3. The molecule has 0 aliphatic heterocycles. The summed E-state index contributed by atoms with van der Waals surface area (Å²) in [6.45, 7) is 6.76. The lowest BCUT2D eigenvalue weighted by Crippen LogP contribution is -2.31. The van der Waals surface area contributed by atoms with Crippen LogP contribution < -0.4 is 5.32 Å². The Bertz CT molecular complexity index is 365. The first-order chi connectivity index (χ1) is 7.41. The maximum atomic E-state index is 6.01. The number of aromatic nitrogens is 2. The predicted molar refractivity (Wildman–Crippen MR) is 68.2 cm³/mol. The Balaban J connectivity index is 2.71. The Morgan fingerprint density at radius 1 is 1.25 bits per heavy atom. The maximum absolute atomic E-state index is 6.01. The van der Waals surface area contributed by atoms with Crippen LogP contribution in [-0.4, -0.2) is 41.5 Å². The van der Waals surface area contributed by atoms with Crippen molar-refractivity contribution >= 4 is 17.4 Å². The molecule has 90 valence electrons. The second-order valence-corrected chi connectivity index (χ2v) is 4.59. The number of hydrogen-bond donors (Lipinski definition) is 1. The van der Waals surface area contributed by atoms with Crippen LogP contribution in [0.3, 0.4) is 0 Å². The molecule has 16 heavy (non-hydrogen) atoms. The number of anilines is 1. The number of nitrogens with one attached hydrogen (secondary N) is 1. The van der Waals surface area contributed by atoms with Gasteiger partial charge in [-0.3, -0.25) is 0 Å². The van der Waals surface area contributed by atoms with Gasteiger partial charge < -0.3 is 10.2 Å². The van der Waals surface area contributed by atoms with E-state index in [-0.39, 0.29) is 0 Å². The van der Waals surface area contributed by atoms with Crippen molar-refractivity contribution in [2.45, 2.75) is 26.8 Å². The lowest BCUT2D eigenvalue weighted by atomic mass is 10.3. The third-order valence-corrected chi connectivity index (χ3v) is 2.97. The molecule has 0 radical (unpaired) electrons. The molecule has 5 heteroatoms. The summed E-state index contributed by atoms with van der Waals surface area (Å²) in [5.41, 5.74) is 1.78. The minimum Gasteiger partial charge on any atom is -0.366 e. The molecule has 1 aromatic rings. The van der Waals surface area contributed by atoms with Gasteiger partial charge in [-0.05, 0) is 34.9 Å². The minimum atomic E-state index is 0.416. The lowest BCUT2D eigenvalue weighted by molar-refractivity contribution is 0.326. The van der Waals surface area contributed by atoms with Crippen LogP contribution in [0, 0.1) is 13.8 Å². The van der Waals surface area contributed by atoms with E-state index in [0.717, 1.165) is 17.9 Å². The van der Waals surface area contributed by atoms with Crippen molar-refractivity contribution in [2.24, 2.45) is 0 Å². The molecule has 0 spiro atoms. The van der Waals surface area contributed by atoms with Crippen molar-refractivity contribution in [1.29, 1.82) is 0 Å². The first kappa shape index (κ1) is 13.2. The molecule has 4 nitrogen and oxygen atoms in total. The van der Waals surface area contributed by atoms with E-state index < -0.39 is 0 Å². The summed E-state index contributed by atoms with van der Waals surface area (Å²) < 4.78 is 0. The topological polar surface area (TPSA) is 41.1 Å². The summed E-state index contributed by atoms with van der Waals surface area (Å²) in [4.78, 5) is 10.7. The molecule has 0 aliphatic carbocycles. The van der Waals surface area contributed by atoms with E-state index in [4.69, 9.17) is 11.6 Å². The Morgan fingerprint density at radius 2 is 1.81 bits per heavy atom. The zero-order valence-corrected chi connectivity index (χ0v) is 11.3. The molecule has 0 bridgehead atoms. The molecule has 1 N–H and O–H groups in total. The lowest BCUT2D eigenvalue weighted by Gasteiger charge is -2.20. The quantitative estimate of drug-likeness (QED) is 0.878. The van der Waals surface area contributed by atoms with Crippen molar-refractivity contribution in [1.82, 2.24) is 14.9 Å². The van der Waals surface area contributed by atoms with Gasteiger partial charge >= 0.3 is 0 Å². The minimum absolute atomic E-state index is 0.416. The van der Waals surface area contributed by atoms with Gasteiger partial charge in [-0.1, -0.05) is 11.6 Å². The molecule has 0 amide bonds. The number of aryl methyl sites for hydroxylation is 2. The van der Waals surface area contributed by atoms with E-state index in [1.165, 1.54) is 0 Å². The van der Waals surface area contributed by atoms with Crippen molar-refractivity contribution in [3.63, 3.8) is 0 Å². The molecule has 1 heterocycles. The van der Waals surface area contributed by atoms with E-state index in [1.54, 1.807) is 0 Å². The van der Waals surface area contributed by atoms with E-state index in [2.05, 4.69) is 27.1 Å². The molecule has 1 aromatic heterocycles. The maximum Gasteiger partial charge on any atom is 0.171 e. The van der Waals surface area contributed by atoms with Gasteiger partial charge in [-0.25, -0.2) is 9.97 Å². The van der Waals surface area contributed by atoms with Crippen LogP contribution in [0.5, 0.6) is 0 Å². The zero-order chi connectivity index (χ0) is 12.3. The Labute approximate surface area is 102 Å². The molecule has 0 aromatic carbocycles. The highest BCUT2D eigenvalue weighted by atomic mass is 35.5. The number of likely N-dealkylation sites (N-methyl/N-ethyl adjacent to an activating group) is 1. The first-order valence-electron chi connectivity index (χ1n) is 5.33. The zero-order valence-electron chi connectivity index (χ0n) is 10.5. The van der Waals surface area contributed by atoms with Gasteiger partial charge in [0.05, 0.1) is 11.4 Å². The molecular weight excluding hydrogens is 224 g/mol. The van der Waals surface area contributed by atoms with Crippen LogP contribution in [0.15, 0.2) is 0 Å². The van der Waals surface area contributed by atoms with Crippen molar-refractivity contribution in [2.75, 3.05) is 26.0 Å². The monoisotopic (exact) mass is 242 g/mol. The van der Waals surface area contributed by atoms with Crippen molar-refractivity contribution in [3.05, 3.63) is 16.5 Å². The van der Waals surface area contributed by atoms with E-state index >= 15 is 0 Å². The smallest absolute Gasteiger partial charge is 0.171 e. The van der Waals surface area contributed by atoms with Gasteiger partial charge in [-0.2, -0.15) is 0 Å². The molecule has 0 saturated heterocycles. The molecule has 1 atom stereocenters. The standard InChI is InChI=1S/C11H19ClN4/c1-7(16(4)5)6-13-11-10(12)14-8(2)9(3)15-11/h7H,6H2,1-5H3,(H,13,15). The van der Waals surface area contributed by atoms with Crippen molar-refractivity contribution in [3.8, 4) is 0 Å². The molecular formula is C11H19ClN4. The highest BCUT2D eigenvalue weighted by molar-refractivity contribution is 6.31. The third-order valence-electron chi connectivity index (χ3n) is 2.71. The van der Waals surface area contributed by atoms with Gasteiger partial charge in [0.25, 0.3) is 0 Å². The van der Waals surface area contributed by atoms with Gasteiger partial charge in [0.15, 0.2) is 11.0 Å². The Kier molecular flexibility index (Phi) is 4.50. The van der Waals surface area contributed by atoms with Gasteiger partial charge in [0.2, 0.25) is 0 Å². The Morgan fingerprint density at radius 3 is 2.38 bits per heavy atom. The second kappa shape index (κ2) is 5.46. The van der Waals surface area contributed by atoms with Crippen molar-refractivity contribution < 1.29 is 0 Å². The molecule has 0 aliphatic rings. The van der Waals surface area contributed by atoms with Crippen LogP contribution in [0.25, 0.3) is 0 Å². The second-order valence-electron chi connectivity index (χ2n) is 4.23. The summed E-state index contributed by atoms with van der Waals surface area (Å²) in [7, 11) is 4.08. The largest absolute Gasteiger partial charge is 0.366 e. The van der Waals surface area contributed by atoms with Crippen LogP contribution in [0.1, 0.15) is 18.3 Å².